The molecule has 0 spiro atoms. The highest BCUT2D eigenvalue weighted by molar-refractivity contribution is 5.47. The predicted octanol–water partition coefficient (Wildman–Crippen LogP) is 3.86. The smallest absolute Gasteiger partial charge is 0.0678 e. The highest BCUT2D eigenvalue weighted by Gasteiger charge is 2.22. The Kier molecular flexibility index (Phi) is 5.48. The van der Waals surface area contributed by atoms with Gasteiger partial charge in [0.25, 0.3) is 0 Å². The summed E-state index contributed by atoms with van der Waals surface area (Å²) in [6.45, 7) is 9.42. The molecule has 0 amide bonds. The average Bonchev–Trinajstić information content (AvgIpc) is 2.55. The van der Waals surface area contributed by atoms with Gasteiger partial charge in [0.15, 0.2) is 0 Å². The van der Waals surface area contributed by atoms with Crippen molar-refractivity contribution < 1.29 is 4.74 Å². The molecular formula is C20H27N3O. The summed E-state index contributed by atoms with van der Waals surface area (Å²) in [5, 5.41) is 3.57. The highest BCUT2D eigenvalue weighted by atomic mass is 16.5. The van der Waals surface area contributed by atoms with Crippen molar-refractivity contribution in [2.24, 2.45) is 0 Å². The van der Waals surface area contributed by atoms with E-state index in [1.165, 1.54) is 11.1 Å². The fourth-order valence-electron chi connectivity index (χ4n) is 3.40. The van der Waals surface area contributed by atoms with Gasteiger partial charge in [0.05, 0.1) is 18.2 Å². The molecule has 3 atom stereocenters. The average molecular weight is 325 g/mol. The molecule has 1 aromatic carbocycles. The number of aromatic nitrogens is 1. The van der Waals surface area contributed by atoms with Crippen LogP contribution in [0.5, 0.6) is 0 Å². The summed E-state index contributed by atoms with van der Waals surface area (Å²) >= 11 is 0. The first-order valence-electron chi connectivity index (χ1n) is 8.73. The molecule has 0 aliphatic carbocycles. The number of hydrogen-bond donors (Lipinski definition) is 1. The Balaban J connectivity index is 1.64. The topological polar surface area (TPSA) is 37.4 Å². The van der Waals surface area contributed by atoms with Crippen LogP contribution in [0.15, 0.2) is 48.8 Å². The summed E-state index contributed by atoms with van der Waals surface area (Å²) in [4.78, 5) is 6.67. The first kappa shape index (κ1) is 16.9. The standard InChI is InChI=1S/C20H27N3O/c1-15-12-23(13-16(2)24-15)14-18-6-4-8-20(10-18)22-17(3)19-7-5-9-21-11-19/h4-11,15-17,22H,12-14H2,1-3H3/t15-,16-,17-/m1/s1. The lowest BCUT2D eigenvalue weighted by atomic mass is 10.1. The lowest BCUT2D eigenvalue weighted by molar-refractivity contribution is -0.0704. The monoisotopic (exact) mass is 325 g/mol. The van der Waals surface area contributed by atoms with Crippen LogP contribution in [0.25, 0.3) is 0 Å². The van der Waals surface area contributed by atoms with Crippen LogP contribution in [0.1, 0.15) is 37.9 Å². The Hall–Kier alpha value is -1.91. The van der Waals surface area contributed by atoms with Crippen LogP contribution in [0.2, 0.25) is 0 Å². The second-order valence-electron chi connectivity index (χ2n) is 6.80. The molecule has 24 heavy (non-hydrogen) atoms. The highest BCUT2D eigenvalue weighted by Crippen LogP contribution is 2.21. The van der Waals surface area contributed by atoms with Crippen LogP contribution in [0.4, 0.5) is 5.69 Å². The van der Waals surface area contributed by atoms with Crippen molar-refractivity contribution in [3.63, 3.8) is 0 Å². The van der Waals surface area contributed by atoms with Crippen LogP contribution in [0, 0.1) is 0 Å². The number of rotatable bonds is 5. The maximum Gasteiger partial charge on any atom is 0.0678 e. The zero-order valence-electron chi connectivity index (χ0n) is 14.8. The predicted molar refractivity (Wildman–Crippen MR) is 98.0 cm³/mol. The number of benzene rings is 1. The quantitative estimate of drug-likeness (QED) is 0.906. The molecule has 1 aliphatic heterocycles. The Morgan fingerprint density at radius 3 is 2.71 bits per heavy atom. The molecule has 2 aromatic rings. The molecule has 1 aliphatic rings. The first-order valence-corrected chi connectivity index (χ1v) is 8.73. The van der Waals surface area contributed by atoms with E-state index in [0.29, 0.717) is 12.2 Å². The molecule has 3 rings (SSSR count). The number of morpholine rings is 1. The Labute approximate surface area is 144 Å². The van der Waals surface area contributed by atoms with Gasteiger partial charge in [-0.2, -0.15) is 0 Å². The van der Waals surface area contributed by atoms with E-state index < -0.39 is 0 Å². The van der Waals surface area contributed by atoms with Crippen molar-refractivity contribution in [3.05, 3.63) is 59.9 Å². The third-order valence-electron chi connectivity index (χ3n) is 4.40. The van der Waals surface area contributed by atoms with E-state index in [4.69, 9.17) is 4.74 Å². The molecule has 0 bridgehead atoms. The minimum absolute atomic E-state index is 0.234. The van der Waals surface area contributed by atoms with Gasteiger partial charge in [-0.05, 0) is 50.1 Å². The lowest BCUT2D eigenvalue weighted by Gasteiger charge is -2.35. The summed E-state index contributed by atoms with van der Waals surface area (Å²) in [6.07, 6.45) is 4.33. The second-order valence-corrected chi connectivity index (χ2v) is 6.80. The molecule has 1 aromatic heterocycles. The number of ether oxygens (including phenoxy) is 1. The van der Waals surface area contributed by atoms with Crippen molar-refractivity contribution in [1.82, 2.24) is 9.88 Å². The Morgan fingerprint density at radius 2 is 2.00 bits per heavy atom. The van der Waals surface area contributed by atoms with Gasteiger partial charge < -0.3 is 10.1 Å². The fraction of sp³-hybridized carbons (Fsp3) is 0.450. The van der Waals surface area contributed by atoms with Crippen molar-refractivity contribution >= 4 is 5.69 Å². The van der Waals surface area contributed by atoms with E-state index in [1.54, 1.807) is 6.20 Å². The van der Waals surface area contributed by atoms with E-state index >= 15 is 0 Å². The molecule has 128 valence electrons. The van der Waals surface area contributed by atoms with Crippen LogP contribution < -0.4 is 5.32 Å². The summed E-state index contributed by atoms with van der Waals surface area (Å²) in [5.41, 5.74) is 3.68. The Bertz CT molecular complexity index is 636. The molecular weight excluding hydrogens is 298 g/mol. The number of anilines is 1. The maximum absolute atomic E-state index is 5.82. The lowest BCUT2D eigenvalue weighted by Crippen LogP contribution is -2.44. The summed E-state index contributed by atoms with van der Waals surface area (Å²) in [7, 11) is 0. The van der Waals surface area contributed by atoms with Gasteiger partial charge in [-0.3, -0.25) is 9.88 Å². The van der Waals surface area contributed by atoms with Crippen molar-refractivity contribution in [2.45, 2.75) is 45.6 Å². The van der Waals surface area contributed by atoms with E-state index in [2.05, 4.69) is 66.3 Å². The molecule has 0 unspecified atom stereocenters. The number of nitrogens with one attached hydrogen (secondary N) is 1. The van der Waals surface area contributed by atoms with E-state index in [9.17, 15) is 0 Å². The first-order chi connectivity index (χ1) is 11.6. The SMILES string of the molecule is C[C@@H]1CN(Cc2cccc(N[C@H](C)c3cccnc3)c2)C[C@@H](C)O1. The summed E-state index contributed by atoms with van der Waals surface area (Å²) < 4.78 is 5.82. The van der Waals surface area contributed by atoms with E-state index in [-0.39, 0.29) is 6.04 Å². The molecule has 0 saturated carbocycles. The molecule has 4 heteroatoms. The van der Waals surface area contributed by atoms with Gasteiger partial charge in [0.2, 0.25) is 0 Å². The molecule has 1 N–H and O–H groups in total. The number of nitrogens with zero attached hydrogens (tertiary/aromatic N) is 2. The van der Waals surface area contributed by atoms with Crippen LogP contribution in [-0.4, -0.2) is 35.2 Å². The zero-order chi connectivity index (χ0) is 16.9. The molecule has 1 fully saturated rings. The van der Waals surface area contributed by atoms with Crippen LogP contribution in [0.3, 0.4) is 0 Å². The summed E-state index contributed by atoms with van der Waals surface area (Å²) in [6, 6.07) is 13.0. The van der Waals surface area contributed by atoms with Crippen LogP contribution >= 0.6 is 0 Å². The molecule has 0 radical (unpaired) electrons. The third kappa shape index (κ3) is 4.56. The van der Waals surface area contributed by atoms with Crippen molar-refractivity contribution in [3.8, 4) is 0 Å². The van der Waals surface area contributed by atoms with Gasteiger partial charge >= 0.3 is 0 Å². The fourth-order valence-corrected chi connectivity index (χ4v) is 3.40. The minimum atomic E-state index is 0.234. The second kappa shape index (κ2) is 7.77. The number of pyridine rings is 1. The maximum atomic E-state index is 5.82. The minimum Gasteiger partial charge on any atom is -0.378 e. The normalized spacial score (nSPS) is 23.0. The van der Waals surface area contributed by atoms with Gasteiger partial charge in [-0.15, -0.1) is 0 Å². The Morgan fingerprint density at radius 1 is 1.21 bits per heavy atom. The zero-order valence-corrected chi connectivity index (χ0v) is 14.8. The molecule has 4 nitrogen and oxygen atoms in total. The van der Waals surface area contributed by atoms with Gasteiger partial charge in [-0.1, -0.05) is 18.2 Å². The largest absolute Gasteiger partial charge is 0.378 e. The summed E-state index contributed by atoms with van der Waals surface area (Å²) in [5.74, 6) is 0. The third-order valence-corrected chi connectivity index (χ3v) is 4.40. The van der Waals surface area contributed by atoms with E-state index in [1.807, 2.05) is 12.3 Å². The van der Waals surface area contributed by atoms with E-state index in [0.717, 1.165) is 25.3 Å². The van der Waals surface area contributed by atoms with Gasteiger partial charge in [0, 0.05) is 37.7 Å². The van der Waals surface area contributed by atoms with Crippen LogP contribution in [-0.2, 0) is 11.3 Å². The van der Waals surface area contributed by atoms with Gasteiger partial charge in [0.1, 0.15) is 0 Å². The van der Waals surface area contributed by atoms with Crippen molar-refractivity contribution in [1.29, 1.82) is 0 Å². The molecule has 2 heterocycles. The number of hydrogen-bond acceptors (Lipinski definition) is 4. The molecule has 1 saturated heterocycles. The van der Waals surface area contributed by atoms with Gasteiger partial charge in [-0.25, -0.2) is 0 Å². The van der Waals surface area contributed by atoms with Crippen molar-refractivity contribution in [2.75, 3.05) is 18.4 Å².